The number of ether oxygens (including phenoxy) is 8. The minimum atomic E-state index is 0.379. The molecule has 0 aromatic rings. The molecule has 0 unspecified atom stereocenters. The lowest BCUT2D eigenvalue weighted by atomic mass is 10.1. The maximum Gasteiger partial charge on any atom is 0.0704 e. The van der Waals surface area contributed by atoms with Crippen LogP contribution >= 0.6 is 0 Å². The van der Waals surface area contributed by atoms with E-state index in [0.717, 1.165) is 25.9 Å². The van der Waals surface area contributed by atoms with Crippen molar-refractivity contribution in [1.29, 1.82) is 0 Å². The first-order valence-electron chi connectivity index (χ1n) is 13.0. The van der Waals surface area contributed by atoms with Crippen molar-refractivity contribution in [3.05, 3.63) is 0 Å². The summed E-state index contributed by atoms with van der Waals surface area (Å²) in [6.07, 6.45) is 2.61. The first-order chi connectivity index (χ1) is 16.7. The molecule has 9 heteroatoms. The molecule has 0 saturated carbocycles. The van der Waals surface area contributed by atoms with Gasteiger partial charge in [-0.15, -0.1) is 0 Å². The zero-order valence-corrected chi connectivity index (χ0v) is 22.6. The highest BCUT2D eigenvalue weighted by Gasteiger charge is 2.20. The van der Waals surface area contributed by atoms with Gasteiger partial charge in [-0.1, -0.05) is 13.8 Å². The largest absolute Gasteiger partial charge is 0.382 e. The van der Waals surface area contributed by atoms with Gasteiger partial charge in [0.25, 0.3) is 0 Å². The summed E-state index contributed by atoms with van der Waals surface area (Å²) < 4.78 is 43.4. The van der Waals surface area contributed by atoms with Crippen LogP contribution in [0.5, 0.6) is 0 Å². The van der Waals surface area contributed by atoms with E-state index in [0.29, 0.717) is 105 Å². The molecule has 1 aliphatic heterocycles. The number of nitrogens with zero attached hydrogens (tertiary/aromatic N) is 1. The third-order valence-corrected chi connectivity index (χ3v) is 5.08. The quantitative estimate of drug-likeness (QED) is 0.199. The molecule has 9 nitrogen and oxygen atoms in total. The summed E-state index contributed by atoms with van der Waals surface area (Å²) in [6, 6.07) is 0.631. The Labute approximate surface area is 208 Å². The highest BCUT2D eigenvalue weighted by molar-refractivity contribution is 4.74. The van der Waals surface area contributed by atoms with Crippen LogP contribution in [-0.2, 0) is 37.9 Å². The van der Waals surface area contributed by atoms with Crippen molar-refractivity contribution in [3.63, 3.8) is 0 Å². The van der Waals surface area contributed by atoms with Crippen LogP contribution in [0.1, 0.15) is 40.5 Å². The average Bonchev–Trinajstić information content (AvgIpc) is 2.86. The predicted octanol–water partition coefficient (Wildman–Crippen LogP) is 2.65. The van der Waals surface area contributed by atoms with E-state index in [-0.39, 0.29) is 0 Å². The summed E-state index contributed by atoms with van der Waals surface area (Å²) in [5.74, 6) is 0. The van der Waals surface area contributed by atoms with Crippen LogP contribution in [-0.4, -0.2) is 130 Å². The van der Waals surface area contributed by atoms with Crippen molar-refractivity contribution < 1.29 is 37.9 Å². The summed E-state index contributed by atoms with van der Waals surface area (Å²) in [5.41, 5.74) is 0. The zero-order chi connectivity index (χ0) is 25.1. The van der Waals surface area contributed by atoms with Crippen molar-refractivity contribution in [3.8, 4) is 0 Å². The molecule has 0 amide bonds. The number of hydrogen-bond donors (Lipinski definition) is 0. The Morgan fingerprint density at radius 1 is 0.559 bits per heavy atom. The summed E-state index contributed by atoms with van der Waals surface area (Å²) in [4.78, 5) is 2.50. The number of hydrogen-bond acceptors (Lipinski definition) is 9. The van der Waals surface area contributed by atoms with Crippen LogP contribution in [0.2, 0.25) is 0 Å². The lowest BCUT2D eigenvalue weighted by Crippen LogP contribution is -2.41. The van der Waals surface area contributed by atoms with Gasteiger partial charge in [-0.3, -0.25) is 0 Å². The molecule has 34 heavy (non-hydrogen) atoms. The van der Waals surface area contributed by atoms with Gasteiger partial charge >= 0.3 is 0 Å². The summed E-state index contributed by atoms with van der Waals surface area (Å²) in [5, 5.41) is 0. The second-order valence-electron chi connectivity index (χ2n) is 7.87. The Kier molecular flexibility index (Phi) is 26.9. The van der Waals surface area contributed by atoms with Gasteiger partial charge in [0.05, 0.1) is 98.6 Å². The molecular weight excluding hydrogens is 442 g/mol. The Bertz CT molecular complexity index is 382. The summed E-state index contributed by atoms with van der Waals surface area (Å²) in [7, 11) is 1.65. The van der Waals surface area contributed by atoms with Crippen molar-refractivity contribution in [2.75, 3.05) is 113 Å². The number of methoxy groups -OCH3 is 1. The third-order valence-electron chi connectivity index (χ3n) is 5.08. The Morgan fingerprint density at radius 3 is 1.21 bits per heavy atom. The minimum absolute atomic E-state index is 0.379. The molecule has 0 aliphatic carbocycles. The smallest absolute Gasteiger partial charge is 0.0704 e. The SMILES string of the molecule is CC.COCCOCCOCCOCCOCCOCCOCCOC1CCN(C(C)C)CC1. The fourth-order valence-corrected chi connectivity index (χ4v) is 3.18. The highest BCUT2D eigenvalue weighted by atomic mass is 16.6. The molecule has 1 heterocycles. The molecule has 0 aromatic heterocycles. The fourth-order valence-electron chi connectivity index (χ4n) is 3.18. The van der Waals surface area contributed by atoms with E-state index in [9.17, 15) is 0 Å². The van der Waals surface area contributed by atoms with Crippen LogP contribution in [0.4, 0.5) is 0 Å². The number of likely N-dealkylation sites (tertiary alicyclic amines) is 1. The van der Waals surface area contributed by atoms with Gasteiger partial charge < -0.3 is 42.8 Å². The van der Waals surface area contributed by atoms with Gasteiger partial charge in [0.15, 0.2) is 0 Å². The van der Waals surface area contributed by atoms with Crippen LogP contribution in [0.25, 0.3) is 0 Å². The van der Waals surface area contributed by atoms with E-state index < -0.39 is 0 Å². The predicted molar refractivity (Wildman–Crippen MR) is 134 cm³/mol. The third kappa shape index (κ3) is 22.1. The molecule has 0 atom stereocenters. The molecule has 0 N–H and O–H groups in total. The first-order valence-corrected chi connectivity index (χ1v) is 13.0. The lowest BCUT2D eigenvalue weighted by Gasteiger charge is -2.34. The Hall–Kier alpha value is -0.360. The maximum absolute atomic E-state index is 5.91. The first kappa shape index (κ1) is 33.6. The van der Waals surface area contributed by atoms with Crippen molar-refractivity contribution in [1.82, 2.24) is 4.90 Å². The van der Waals surface area contributed by atoms with E-state index in [1.165, 1.54) is 0 Å². The molecule has 1 rings (SSSR count). The van der Waals surface area contributed by atoms with Crippen LogP contribution in [0.3, 0.4) is 0 Å². The summed E-state index contributed by atoms with van der Waals surface area (Å²) >= 11 is 0. The van der Waals surface area contributed by atoms with Gasteiger partial charge in [0, 0.05) is 26.2 Å². The molecule has 0 spiro atoms. The molecule has 1 saturated heterocycles. The average molecular weight is 496 g/mol. The fraction of sp³-hybridized carbons (Fsp3) is 1.00. The van der Waals surface area contributed by atoms with Gasteiger partial charge in [-0.2, -0.15) is 0 Å². The second kappa shape index (κ2) is 27.2. The number of piperidine rings is 1. The van der Waals surface area contributed by atoms with Crippen LogP contribution in [0.15, 0.2) is 0 Å². The lowest BCUT2D eigenvalue weighted by molar-refractivity contribution is -0.0395. The number of rotatable bonds is 23. The van der Waals surface area contributed by atoms with Crippen molar-refractivity contribution in [2.24, 2.45) is 0 Å². The normalized spacial score (nSPS) is 15.0. The molecule has 0 bridgehead atoms. The van der Waals surface area contributed by atoms with E-state index >= 15 is 0 Å². The molecule has 0 aromatic carbocycles. The topological polar surface area (TPSA) is 77.1 Å². The van der Waals surface area contributed by atoms with Gasteiger partial charge in [-0.25, -0.2) is 0 Å². The maximum atomic E-state index is 5.91. The molecule has 1 fully saturated rings. The Balaban J connectivity index is 0.00000529. The standard InChI is InChI=1S/C23H47NO8.C2H6/c1-22(2)24-6-4-23(5-7-24)32-21-20-31-19-18-30-17-16-29-15-14-28-13-12-27-11-10-26-9-8-25-3;1-2/h22-23H,4-21H2,1-3H3;1-2H3. The van der Waals surface area contributed by atoms with E-state index in [2.05, 4.69) is 18.7 Å². The monoisotopic (exact) mass is 495 g/mol. The summed E-state index contributed by atoms with van der Waals surface area (Å²) in [6.45, 7) is 18.8. The van der Waals surface area contributed by atoms with Crippen LogP contribution < -0.4 is 0 Å². The van der Waals surface area contributed by atoms with E-state index in [1.807, 2.05) is 13.8 Å². The molecular formula is C25H53NO8. The van der Waals surface area contributed by atoms with Crippen molar-refractivity contribution >= 4 is 0 Å². The van der Waals surface area contributed by atoms with E-state index in [4.69, 9.17) is 37.9 Å². The van der Waals surface area contributed by atoms with Crippen LogP contribution in [0, 0.1) is 0 Å². The van der Waals surface area contributed by atoms with Gasteiger partial charge in [0.1, 0.15) is 0 Å². The highest BCUT2D eigenvalue weighted by Crippen LogP contribution is 2.15. The zero-order valence-electron chi connectivity index (χ0n) is 22.6. The minimum Gasteiger partial charge on any atom is -0.382 e. The molecule has 1 aliphatic rings. The second-order valence-corrected chi connectivity index (χ2v) is 7.87. The van der Waals surface area contributed by atoms with E-state index in [1.54, 1.807) is 7.11 Å². The molecule has 0 radical (unpaired) electrons. The van der Waals surface area contributed by atoms with Gasteiger partial charge in [-0.05, 0) is 26.7 Å². The Morgan fingerprint density at radius 2 is 0.882 bits per heavy atom. The van der Waals surface area contributed by atoms with Crippen molar-refractivity contribution in [2.45, 2.75) is 52.7 Å². The molecule has 206 valence electrons. The van der Waals surface area contributed by atoms with Gasteiger partial charge in [0.2, 0.25) is 0 Å².